The van der Waals surface area contributed by atoms with Gasteiger partial charge in [-0.1, -0.05) is 42.5 Å². The van der Waals surface area contributed by atoms with Gasteiger partial charge in [-0.05, 0) is 22.3 Å². The number of nitrogens with zero attached hydrogens (tertiary/aromatic N) is 2. The molecule has 0 radical (unpaired) electrons. The Hall–Kier alpha value is -2.80. The maximum Gasteiger partial charge on any atom is 0.237 e. The van der Waals surface area contributed by atoms with Gasteiger partial charge in [-0.15, -0.1) is 0 Å². The van der Waals surface area contributed by atoms with E-state index in [4.69, 9.17) is 0 Å². The molecule has 2 aromatic rings. The highest BCUT2D eigenvalue weighted by Gasteiger charge is 2.27. The number of carbonyl (C=O) groups excluding carboxylic acids is 2. The Labute approximate surface area is 109 Å². The topological polar surface area (TPSA) is 58.9 Å². The van der Waals surface area contributed by atoms with E-state index >= 15 is 0 Å². The summed E-state index contributed by atoms with van der Waals surface area (Å²) in [7, 11) is 0. The minimum atomic E-state index is -0.863. The number of aliphatic imine (C=N–C) groups is 2. The Balaban J connectivity index is 2.19. The van der Waals surface area contributed by atoms with Crippen LogP contribution in [0.4, 0.5) is 0 Å². The number of fused-ring (bicyclic) bond motifs is 4. The van der Waals surface area contributed by atoms with Gasteiger partial charge in [0, 0.05) is 5.56 Å². The van der Waals surface area contributed by atoms with Crippen LogP contribution in [0.2, 0.25) is 0 Å². The van der Waals surface area contributed by atoms with Crippen LogP contribution in [0.3, 0.4) is 0 Å². The number of benzene rings is 2. The second-order valence-corrected chi connectivity index (χ2v) is 4.13. The van der Waals surface area contributed by atoms with Crippen molar-refractivity contribution in [2.24, 2.45) is 9.98 Å². The van der Waals surface area contributed by atoms with E-state index in [0.29, 0.717) is 0 Å². The molecule has 0 aromatic heterocycles. The molecule has 0 unspecified atom stereocenters. The summed E-state index contributed by atoms with van der Waals surface area (Å²) in [5.74, 6) is 0. The Bertz CT molecular complexity index is 736. The third kappa shape index (κ3) is 1.64. The van der Waals surface area contributed by atoms with Gasteiger partial charge in [0.25, 0.3) is 0 Å². The van der Waals surface area contributed by atoms with Gasteiger partial charge in [-0.25, -0.2) is 9.59 Å². The van der Waals surface area contributed by atoms with E-state index < -0.39 is 6.17 Å². The minimum Gasteiger partial charge on any atom is -0.211 e. The van der Waals surface area contributed by atoms with Gasteiger partial charge >= 0.3 is 0 Å². The second-order valence-electron chi connectivity index (χ2n) is 4.13. The molecule has 1 aliphatic carbocycles. The van der Waals surface area contributed by atoms with Gasteiger partial charge in [0.05, 0.1) is 0 Å². The van der Waals surface area contributed by atoms with Crippen molar-refractivity contribution >= 4 is 12.2 Å². The molecule has 4 nitrogen and oxygen atoms in total. The van der Waals surface area contributed by atoms with Crippen molar-refractivity contribution in [1.29, 1.82) is 0 Å². The van der Waals surface area contributed by atoms with E-state index in [-0.39, 0.29) is 0 Å². The molecule has 0 heterocycles. The van der Waals surface area contributed by atoms with E-state index in [1.807, 2.05) is 36.4 Å². The molecular formula is C15H8N2O2. The van der Waals surface area contributed by atoms with Gasteiger partial charge < -0.3 is 0 Å². The molecule has 0 saturated heterocycles. The first-order valence-electron chi connectivity index (χ1n) is 5.73. The SMILES string of the molecule is O=C=NC(N=C=O)c1cccc2c1-c1ccccc1-2. The van der Waals surface area contributed by atoms with Crippen LogP contribution in [-0.4, -0.2) is 12.2 Å². The standard InChI is InChI=1S/C15H8N2O2/c18-8-16-15(17-9-19)13-7-3-6-12-10-4-1-2-5-11(10)14(12)13/h1-7,15H. The minimum absolute atomic E-state index is 0.725. The number of isocyanates is 2. The monoisotopic (exact) mass is 248 g/mol. The smallest absolute Gasteiger partial charge is 0.211 e. The summed E-state index contributed by atoms with van der Waals surface area (Å²) < 4.78 is 0. The highest BCUT2D eigenvalue weighted by molar-refractivity contribution is 6.03. The normalized spacial score (nSPS) is 12.0. The zero-order chi connectivity index (χ0) is 13.2. The summed E-state index contributed by atoms with van der Waals surface area (Å²) in [6, 6.07) is 13.6. The summed E-state index contributed by atoms with van der Waals surface area (Å²) in [6.07, 6.45) is 2.03. The molecule has 0 aliphatic heterocycles. The zero-order valence-electron chi connectivity index (χ0n) is 9.83. The van der Waals surface area contributed by atoms with Gasteiger partial charge in [-0.2, -0.15) is 9.98 Å². The lowest BCUT2D eigenvalue weighted by atomic mass is 9.77. The van der Waals surface area contributed by atoms with Crippen LogP contribution >= 0.6 is 0 Å². The first-order valence-corrected chi connectivity index (χ1v) is 5.73. The van der Waals surface area contributed by atoms with Crippen LogP contribution in [0.15, 0.2) is 52.4 Å². The Kier molecular flexibility index (Phi) is 2.66. The lowest BCUT2D eigenvalue weighted by Gasteiger charge is -2.27. The van der Waals surface area contributed by atoms with Crippen molar-refractivity contribution in [2.75, 3.05) is 0 Å². The summed E-state index contributed by atoms with van der Waals surface area (Å²) in [4.78, 5) is 28.0. The van der Waals surface area contributed by atoms with Crippen molar-refractivity contribution in [2.45, 2.75) is 6.17 Å². The first kappa shape index (κ1) is 11.3. The van der Waals surface area contributed by atoms with Gasteiger partial charge in [-0.3, -0.25) is 0 Å². The van der Waals surface area contributed by atoms with Crippen molar-refractivity contribution in [3.8, 4) is 22.3 Å². The van der Waals surface area contributed by atoms with Crippen LogP contribution in [-0.2, 0) is 9.59 Å². The number of rotatable bonds is 3. The fourth-order valence-corrected chi connectivity index (χ4v) is 2.45. The maximum absolute atomic E-state index is 10.4. The lowest BCUT2D eigenvalue weighted by molar-refractivity contribution is 0.552. The molecule has 90 valence electrons. The van der Waals surface area contributed by atoms with Gasteiger partial charge in [0.15, 0.2) is 6.17 Å². The molecule has 0 spiro atoms. The first-order chi connectivity index (χ1) is 9.36. The average Bonchev–Trinajstić information content (AvgIpc) is 2.44. The van der Waals surface area contributed by atoms with E-state index in [1.54, 1.807) is 6.07 Å². The summed E-state index contributed by atoms with van der Waals surface area (Å²) in [5.41, 5.74) is 5.04. The van der Waals surface area contributed by atoms with Crippen molar-refractivity contribution < 1.29 is 9.59 Å². The Morgan fingerprint density at radius 3 is 2.11 bits per heavy atom. The maximum atomic E-state index is 10.4. The molecule has 0 saturated carbocycles. The highest BCUT2D eigenvalue weighted by atomic mass is 16.1. The Morgan fingerprint density at radius 2 is 1.42 bits per heavy atom. The molecule has 0 atom stereocenters. The summed E-state index contributed by atoms with van der Waals surface area (Å²) in [5, 5.41) is 0. The van der Waals surface area contributed by atoms with Crippen LogP contribution in [0.25, 0.3) is 22.3 Å². The molecule has 19 heavy (non-hydrogen) atoms. The molecule has 0 fully saturated rings. The van der Waals surface area contributed by atoms with Gasteiger partial charge in [0.2, 0.25) is 12.2 Å². The van der Waals surface area contributed by atoms with Crippen molar-refractivity contribution in [3.05, 3.63) is 48.0 Å². The third-order valence-corrected chi connectivity index (χ3v) is 3.21. The molecule has 0 amide bonds. The van der Waals surface area contributed by atoms with E-state index in [1.165, 1.54) is 12.2 Å². The fourth-order valence-electron chi connectivity index (χ4n) is 2.45. The predicted octanol–water partition coefficient (Wildman–Crippen LogP) is 3.00. The Morgan fingerprint density at radius 1 is 0.789 bits per heavy atom. The van der Waals surface area contributed by atoms with Crippen LogP contribution in [0.1, 0.15) is 11.7 Å². The molecular weight excluding hydrogens is 240 g/mol. The van der Waals surface area contributed by atoms with E-state index in [9.17, 15) is 9.59 Å². The zero-order valence-corrected chi connectivity index (χ0v) is 9.83. The van der Waals surface area contributed by atoms with Gasteiger partial charge in [0.1, 0.15) is 0 Å². The largest absolute Gasteiger partial charge is 0.237 e. The summed E-state index contributed by atoms with van der Waals surface area (Å²) >= 11 is 0. The number of hydrogen-bond acceptors (Lipinski definition) is 4. The molecule has 2 aromatic carbocycles. The van der Waals surface area contributed by atoms with E-state index in [0.717, 1.165) is 27.8 Å². The van der Waals surface area contributed by atoms with Crippen LogP contribution < -0.4 is 0 Å². The fraction of sp³-hybridized carbons (Fsp3) is 0.0667. The molecule has 0 N–H and O–H groups in total. The quantitative estimate of drug-likeness (QED) is 0.528. The molecule has 3 rings (SSSR count). The average molecular weight is 248 g/mol. The predicted molar refractivity (Wildman–Crippen MR) is 69.9 cm³/mol. The molecule has 4 heteroatoms. The molecule has 0 bridgehead atoms. The highest BCUT2D eigenvalue weighted by Crippen LogP contribution is 2.50. The van der Waals surface area contributed by atoms with Crippen LogP contribution in [0.5, 0.6) is 0 Å². The van der Waals surface area contributed by atoms with Crippen molar-refractivity contribution in [3.63, 3.8) is 0 Å². The summed E-state index contributed by atoms with van der Waals surface area (Å²) in [6.45, 7) is 0. The van der Waals surface area contributed by atoms with Crippen molar-refractivity contribution in [1.82, 2.24) is 0 Å². The van der Waals surface area contributed by atoms with Crippen LogP contribution in [0, 0.1) is 0 Å². The number of hydrogen-bond donors (Lipinski definition) is 0. The molecule has 1 aliphatic rings. The third-order valence-electron chi connectivity index (χ3n) is 3.21. The second kappa shape index (κ2) is 4.46. The lowest BCUT2D eigenvalue weighted by Crippen LogP contribution is -2.05. The van der Waals surface area contributed by atoms with E-state index in [2.05, 4.69) is 9.98 Å².